The smallest absolute Gasteiger partial charge is 0.308 e. The van der Waals surface area contributed by atoms with Gasteiger partial charge in [-0.3, -0.25) is 14.4 Å². The Morgan fingerprint density at radius 2 is 1.89 bits per heavy atom. The minimum absolute atomic E-state index is 0.0475. The van der Waals surface area contributed by atoms with Gasteiger partial charge in [0.25, 0.3) is 5.91 Å². The fourth-order valence-corrected chi connectivity index (χ4v) is 3.12. The van der Waals surface area contributed by atoms with E-state index in [1.165, 1.54) is 6.92 Å². The summed E-state index contributed by atoms with van der Waals surface area (Å²) in [7, 11) is 0. The van der Waals surface area contributed by atoms with Crippen molar-refractivity contribution in [1.29, 1.82) is 0 Å². The maximum atomic E-state index is 12.2. The molecule has 2 rings (SSSR count). The predicted molar refractivity (Wildman–Crippen MR) is 70.5 cm³/mol. The van der Waals surface area contributed by atoms with Crippen molar-refractivity contribution in [2.45, 2.75) is 13.8 Å². The molecule has 1 fully saturated rings. The minimum atomic E-state index is -0.863. The summed E-state index contributed by atoms with van der Waals surface area (Å²) in [6, 6.07) is 3.26. The van der Waals surface area contributed by atoms with Crippen LogP contribution in [0.3, 0.4) is 0 Å². The molecular weight excluding hydrogens is 266 g/mol. The molecule has 1 aliphatic rings. The van der Waals surface area contributed by atoms with Crippen molar-refractivity contribution >= 4 is 29.0 Å². The zero-order valence-corrected chi connectivity index (χ0v) is 11.6. The van der Waals surface area contributed by atoms with Gasteiger partial charge in [-0.1, -0.05) is 6.92 Å². The van der Waals surface area contributed by atoms with E-state index in [2.05, 4.69) is 0 Å². The van der Waals surface area contributed by atoms with Crippen LogP contribution in [-0.2, 0) is 4.79 Å². The molecule has 5 nitrogen and oxygen atoms in total. The first-order valence-corrected chi connectivity index (χ1v) is 6.84. The third-order valence-electron chi connectivity index (χ3n) is 3.38. The lowest BCUT2D eigenvalue weighted by atomic mass is 9.99. The molecule has 0 saturated carbocycles. The zero-order valence-electron chi connectivity index (χ0n) is 10.8. The fraction of sp³-hybridized carbons (Fsp3) is 0.462. The molecule has 0 aliphatic carbocycles. The zero-order chi connectivity index (χ0) is 14.2. The molecule has 19 heavy (non-hydrogen) atoms. The summed E-state index contributed by atoms with van der Waals surface area (Å²) >= 11 is 1.16. The molecule has 102 valence electrons. The summed E-state index contributed by atoms with van der Waals surface area (Å²) in [5, 5.41) is 9.05. The van der Waals surface area contributed by atoms with E-state index in [1.54, 1.807) is 17.0 Å². The Hall–Kier alpha value is -1.69. The number of ketones is 1. The Labute approximate surface area is 114 Å². The van der Waals surface area contributed by atoms with Crippen LogP contribution >= 0.6 is 11.3 Å². The van der Waals surface area contributed by atoms with Crippen molar-refractivity contribution in [3.63, 3.8) is 0 Å². The number of carboxylic acid groups (broad SMARTS) is 1. The van der Waals surface area contributed by atoms with E-state index in [0.717, 1.165) is 11.3 Å². The lowest BCUT2D eigenvalue weighted by Crippen LogP contribution is -2.29. The van der Waals surface area contributed by atoms with Gasteiger partial charge in [0.2, 0.25) is 0 Å². The van der Waals surface area contributed by atoms with Crippen LogP contribution < -0.4 is 0 Å². The van der Waals surface area contributed by atoms with Gasteiger partial charge in [0.1, 0.15) is 0 Å². The van der Waals surface area contributed by atoms with Crippen molar-refractivity contribution < 1.29 is 19.5 Å². The number of carbonyl (C=O) groups is 3. The number of Topliss-reactive ketones (excluding diaryl/α,β-unsaturated/α-hetero) is 1. The van der Waals surface area contributed by atoms with Gasteiger partial charge < -0.3 is 10.0 Å². The topological polar surface area (TPSA) is 74.7 Å². The van der Waals surface area contributed by atoms with E-state index < -0.39 is 11.9 Å². The number of carboxylic acids is 1. The lowest BCUT2D eigenvalue weighted by Gasteiger charge is -2.14. The summed E-state index contributed by atoms with van der Waals surface area (Å²) < 4.78 is 0. The molecule has 1 N–H and O–H groups in total. The van der Waals surface area contributed by atoms with E-state index in [0.29, 0.717) is 16.3 Å². The highest BCUT2D eigenvalue weighted by Crippen LogP contribution is 2.26. The number of amides is 1. The summed E-state index contributed by atoms with van der Waals surface area (Å²) in [4.78, 5) is 37.1. The summed E-state index contributed by atoms with van der Waals surface area (Å²) in [5.74, 6) is -1.67. The van der Waals surface area contributed by atoms with Crippen LogP contribution in [-0.4, -0.2) is 40.8 Å². The SMILES string of the molecule is CC(=O)c1ccc(C(=O)N2C[C@@H](C)[C@H](C(=O)O)C2)s1. The highest BCUT2D eigenvalue weighted by Gasteiger charge is 2.37. The van der Waals surface area contributed by atoms with Crippen LogP contribution in [0.2, 0.25) is 0 Å². The monoisotopic (exact) mass is 281 g/mol. The molecule has 1 amide bonds. The van der Waals surface area contributed by atoms with Gasteiger partial charge >= 0.3 is 5.97 Å². The molecule has 0 unspecified atom stereocenters. The Balaban J connectivity index is 2.12. The van der Waals surface area contributed by atoms with E-state index in [4.69, 9.17) is 5.11 Å². The van der Waals surface area contributed by atoms with E-state index >= 15 is 0 Å². The molecule has 2 heterocycles. The molecule has 6 heteroatoms. The first kappa shape index (κ1) is 13.7. The van der Waals surface area contributed by atoms with Crippen molar-refractivity contribution in [3.05, 3.63) is 21.9 Å². The van der Waals surface area contributed by atoms with E-state index in [9.17, 15) is 14.4 Å². The molecule has 0 aromatic carbocycles. The third kappa shape index (κ3) is 2.68. The first-order valence-electron chi connectivity index (χ1n) is 6.03. The van der Waals surface area contributed by atoms with Gasteiger partial charge in [-0.15, -0.1) is 11.3 Å². The number of likely N-dealkylation sites (tertiary alicyclic amines) is 1. The average Bonchev–Trinajstić information content (AvgIpc) is 2.94. The van der Waals surface area contributed by atoms with E-state index in [1.807, 2.05) is 6.92 Å². The number of rotatable bonds is 3. The van der Waals surface area contributed by atoms with Crippen LogP contribution in [0.4, 0.5) is 0 Å². The number of aliphatic carboxylic acids is 1. The van der Waals surface area contributed by atoms with Gasteiger partial charge in [-0.25, -0.2) is 0 Å². The Morgan fingerprint density at radius 3 is 2.37 bits per heavy atom. The van der Waals surface area contributed by atoms with Crippen molar-refractivity contribution in [2.75, 3.05) is 13.1 Å². The number of carbonyl (C=O) groups excluding carboxylic acids is 2. The first-order chi connectivity index (χ1) is 8.90. The van der Waals surface area contributed by atoms with Crippen molar-refractivity contribution in [1.82, 2.24) is 4.90 Å². The quantitative estimate of drug-likeness (QED) is 0.856. The van der Waals surface area contributed by atoms with Crippen LogP contribution in [0.15, 0.2) is 12.1 Å². The van der Waals surface area contributed by atoms with Crippen LogP contribution in [0, 0.1) is 11.8 Å². The third-order valence-corrected chi connectivity index (χ3v) is 4.55. The fourth-order valence-electron chi connectivity index (χ4n) is 2.25. The normalized spacial score (nSPS) is 22.5. The summed E-state index contributed by atoms with van der Waals surface area (Å²) in [5.41, 5.74) is 0. The Morgan fingerprint density at radius 1 is 1.26 bits per heavy atom. The number of nitrogens with zero attached hydrogens (tertiary/aromatic N) is 1. The van der Waals surface area contributed by atoms with Gasteiger partial charge in [-0.05, 0) is 25.0 Å². The second-order valence-corrected chi connectivity index (χ2v) is 5.94. The second kappa shape index (κ2) is 5.13. The molecule has 0 spiro atoms. The molecule has 2 atom stereocenters. The molecule has 1 aliphatic heterocycles. The maximum absolute atomic E-state index is 12.2. The second-order valence-electron chi connectivity index (χ2n) is 4.85. The van der Waals surface area contributed by atoms with Gasteiger partial charge in [0, 0.05) is 13.1 Å². The maximum Gasteiger partial charge on any atom is 0.308 e. The molecule has 0 radical (unpaired) electrons. The highest BCUT2D eigenvalue weighted by atomic mass is 32.1. The number of hydrogen-bond donors (Lipinski definition) is 1. The van der Waals surface area contributed by atoms with E-state index in [-0.39, 0.29) is 24.2 Å². The van der Waals surface area contributed by atoms with Crippen LogP contribution in [0.5, 0.6) is 0 Å². The highest BCUT2D eigenvalue weighted by molar-refractivity contribution is 7.15. The van der Waals surface area contributed by atoms with Gasteiger partial charge in [0.05, 0.1) is 15.7 Å². The lowest BCUT2D eigenvalue weighted by molar-refractivity contribution is -0.142. The average molecular weight is 281 g/mol. The van der Waals surface area contributed by atoms with Crippen molar-refractivity contribution in [3.8, 4) is 0 Å². The van der Waals surface area contributed by atoms with Crippen LogP contribution in [0.25, 0.3) is 0 Å². The van der Waals surface area contributed by atoms with Gasteiger partial charge in [-0.2, -0.15) is 0 Å². The van der Waals surface area contributed by atoms with Crippen LogP contribution in [0.1, 0.15) is 33.2 Å². The standard InChI is InChI=1S/C13H15NO4S/c1-7-5-14(6-9(7)13(17)18)12(16)11-4-3-10(19-11)8(2)15/h3-4,7,9H,5-6H2,1-2H3,(H,17,18)/t7-,9-/m1/s1. The van der Waals surface area contributed by atoms with Gasteiger partial charge in [0.15, 0.2) is 5.78 Å². The Bertz CT molecular complexity index is 537. The Kier molecular flexibility index (Phi) is 3.71. The summed E-state index contributed by atoms with van der Waals surface area (Å²) in [6.07, 6.45) is 0. The molecule has 1 aromatic heterocycles. The van der Waals surface area contributed by atoms with Crippen molar-refractivity contribution in [2.24, 2.45) is 11.8 Å². The molecular formula is C13H15NO4S. The number of hydrogen-bond acceptors (Lipinski definition) is 4. The summed E-state index contributed by atoms with van der Waals surface area (Å²) in [6.45, 7) is 3.98. The molecule has 1 aromatic rings. The predicted octanol–water partition coefficient (Wildman–Crippen LogP) is 1.74. The largest absolute Gasteiger partial charge is 0.481 e. The number of thiophene rings is 1. The molecule has 0 bridgehead atoms. The molecule has 1 saturated heterocycles. The minimum Gasteiger partial charge on any atom is -0.481 e.